The first-order chi connectivity index (χ1) is 21.8. The molecule has 10 heteroatoms. The molecule has 4 heterocycles. The van der Waals surface area contributed by atoms with Crippen LogP contribution in [0.1, 0.15) is 91.1 Å². The van der Waals surface area contributed by atoms with Gasteiger partial charge in [0.25, 0.3) is 5.91 Å². The van der Waals surface area contributed by atoms with Crippen molar-refractivity contribution in [1.29, 1.82) is 0 Å². The standard InChI is InChI=1S/C35H40N4O5S/c1-44-24-8-12-26-28(15-24)29-16-35(29,34(41)38-18-22-14-23(38)17-36-22)19-39-30-13-21(33(40)37-45(42,43)25-9-10-25)7-11-27(30)31(32(26)39)20-5-3-2-4-6-20/h7-8,11-13,15,20,22-23,25,29,36H,2-6,9-10,14,16-19H2,1H3,(H,37,40)/t22?,23-,29?,35?/m0/s1. The quantitative estimate of drug-likeness (QED) is 0.412. The Morgan fingerprint density at radius 1 is 1.04 bits per heavy atom. The molecule has 2 bridgehead atoms. The van der Waals surface area contributed by atoms with Gasteiger partial charge in [-0.1, -0.05) is 25.3 Å². The van der Waals surface area contributed by atoms with Crippen molar-refractivity contribution < 1.29 is 22.7 Å². The molecule has 2 aromatic carbocycles. The van der Waals surface area contributed by atoms with Gasteiger partial charge in [0.05, 0.1) is 23.5 Å². The number of carbonyl (C=O) groups excluding carboxylic acids is 2. The largest absolute Gasteiger partial charge is 0.497 e. The summed E-state index contributed by atoms with van der Waals surface area (Å²) in [5.74, 6) is 0.919. The third-order valence-electron chi connectivity index (χ3n) is 11.7. The van der Waals surface area contributed by atoms with Crippen LogP contribution in [0, 0.1) is 5.41 Å². The molecule has 2 amide bonds. The van der Waals surface area contributed by atoms with E-state index >= 15 is 0 Å². The molecule has 0 radical (unpaired) electrons. The Kier molecular flexibility index (Phi) is 6.09. The molecule has 3 aliphatic carbocycles. The third-order valence-corrected chi connectivity index (χ3v) is 13.5. The van der Waals surface area contributed by atoms with Gasteiger partial charge in [0.15, 0.2) is 0 Å². The minimum absolute atomic E-state index is 0.0894. The van der Waals surface area contributed by atoms with E-state index in [4.69, 9.17) is 4.74 Å². The lowest BCUT2D eigenvalue weighted by Crippen LogP contribution is -2.50. The van der Waals surface area contributed by atoms with Crippen LogP contribution in [0.4, 0.5) is 0 Å². The molecule has 3 aromatic rings. The van der Waals surface area contributed by atoms with Gasteiger partial charge in [-0.3, -0.25) is 9.59 Å². The van der Waals surface area contributed by atoms with Crippen LogP contribution in [0.2, 0.25) is 0 Å². The highest BCUT2D eigenvalue weighted by Gasteiger charge is 2.65. The smallest absolute Gasteiger partial charge is 0.264 e. The normalized spacial score (nSPS) is 28.7. The number of ether oxygens (including phenoxy) is 1. The van der Waals surface area contributed by atoms with Gasteiger partial charge in [0, 0.05) is 59.7 Å². The van der Waals surface area contributed by atoms with Crippen molar-refractivity contribution in [3.63, 3.8) is 0 Å². The topological polar surface area (TPSA) is 110 Å². The summed E-state index contributed by atoms with van der Waals surface area (Å²) in [6.07, 6.45) is 8.81. The molecule has 9 rings (SSSR count). The summed E-state index contributed by atoms with van der Waals surface area (Å²) >= 11 is 0. The Hall–Kier alpha value is -3.37. The Morgan fingerprint density at radius 3 is 2.58 bits per heavy atom. The molecule has 2 N–H and O–H groups in total. The van der Waals surface area contributed by atoms with E-state index in [9.17, 15) is 18.0 Å². The average Bonchev–Trinajstić information content (AvgIpc) is 3.93. The zero-order valence-corrected chi connectivity index (χ0v) is 26.5. The molecule has 4 atom stereocenters. The van der Waals surface area contributed by atoms with Gasteiger partial charge >= 0.3 is 0 Å². The molecular weight excluding hydrogens is 588 g/mol. The molecule has 5 fully saturated rings. The summed E-state index contributed by atoms with van der Waals surface area (Å²) in [6.45, 7) is 2.15. The first kappa shape index (κ1) is 27.9. The summed E-state index contributed by atoms with van der Waals surface area (Å²) in [5.41, 5.74) is 5.46. The van der Waals surface area contributed by atoms with Crippen molar-refractivity contribution in [2.24, 2.45) is 5.41 Å². The number of hydrogen-bond acceptors (Lipinski definition) is 6. The van der Waals surface area contributed by atoms with Crippen LogP contribution in [-0.2, 0) is 21.4 Å². The van der Waals surface area contributed by atoms with E-state index in [0.717, 1.165) is 66.7 Å². The first-order valence-electron chi connectivity index (χ1n) is 16.7. The number of piperazine rings is 1. The number of fused-ring (bicyclic) bond motifs is 9. The fourth-order valence-corrected chi connectivity index (χ4v) is 10.5. The van der Waals surface area contributed by atoms with Crippen LogP contribution in [-0.4, -0.2) is 67.2 Å². The zero-order chi connectivity index (χ0) is 30.7. The van der Waals surface area contributed by atoms with Gasteiger partial charge in [0.1, 0.15) is 5.75 Å². The summed E-state index contributed by atoms with van der Waals surface area (Å²) in [4.78, 5) is 30.2. The van der Waals surface area contributed by atoms with Crippen molar-refractivity contribution in [2.45, 2.75) is 93.5 Å². The van der Waals surface area contributed by atoms with E-state index in [1.54, 1.807) is 13.2 Å². The molecule has 236 valence electrons. The van der Waals surface area contributed by atoms with Gasteiger partial charge in [-0.15, -0.1) is 0 Å². The molecule has 45 heavy (non-hydrogen) atoms. The van der Waals surface area contributed by atoms with E-state index in [1.165, 1.54) is 30.4 Å². The molecule has 1 aromatic heterocycles. The highest BCUT2D eigenvalue weighted by molar-refractivity contribution is 7.91. The second kappa shape index (κ2) is 9.82. The van der Waals surface area contributed by atoms with Crippen LogP contribution < -0.4 is 14.8 Å². The van der Waals surface area contributed by atoms with Gasteiger partial charge < -0.3 is 19.5 Å². The lowest BCUT2D eigenvalue weighted by Gasteiger charge is -2.32. The maximum atomic E-state index is 14.6. The molecule has 3 unspecified atom stereocenters. The van der Waals surface area contributed by atoms with Gasteiger partial charge in [-0.2, -0.15) is 0 Å². The molecule has 2 saturated heterocycles. The third kappa shape index (κ3) is 4.24. The lowest BCUT2D eigenvalue weighted by atomic mass is 9.81. The summed E-state index contributed by atoms with van der Waals surface area (Å²) in [7, 11) is -1.99. The van der Waals surface area contributed by atoms with Crippen LogP contribution in [0.25, 0.3) is 22.2 Å². The molecular formula is C35H40N4O5S. The number of nitrogens with zero attached hydrogens (tertiary/aromatic N) is 2. The number of nitrogens with one attached hydrogen (secondary N) is 2. The monoisotopic (exact) mass is 628 g/mol. The predicted molar refractivity (Wildman–Crippen MR) is 171 cm³/mol. The number of likely N-dealkylation sites (tertiary alicyclic amines) is 1. The highest BCUT2D eigenvalue weighted by Crippen LogP contribution is 2.66. The van der Waals surface area contributed by atoms with Crippen molar-refractivity contribution in [3.8, 4) is 17.0 Å². The zero-order valence-electron chi connectivity index (χ0n) is 25.7. The summed E-state index contributed by atoms with van der Waals surface area (Å²) in [6, 6.07) is 12.6. The number of amides is 2. The number of methoxy groups -OCH3 is 1. The molecule has 6 aliphatic rings. The van der Waals surface area contributed by atoms with E-state index < -0.39 is 26.6 Å². The van der Waals surface area contributed by atoms with Crippen molar-refractivity contribution >= 4 is 32.7 Å². The fourth-order valence-electron chi connectivity index (χ4n) is 9.17. The van der Waals surface area contributed by atoms with E-state index in [1.807, 2.05) is 18.2 Å². The van der Waals surface area contributed by atoms with Gasteiger partial charge in [-0.25, -0.2) is 13.1 Å². The first-order valence-corrected chi connectivity index (χ1v) is 18.3. The SMILES string of the molecule is COc1ccc2c(c1)C1CC1(C(=O)N1CC3C[C@H]1CN3)Cn1c-2c(C2CCCCC2)c2ccc(C(=O)NS(=O)(=O)C3CC3)cc21. The number of rotatable bonds is 6. The minimum atomic E-state index is -3.68. The number of carbonyl (C=O) groups is 2. The molecule has 9 nitrogen and oxygen atoms in total. The summed E-state index contributed by atoms with van der Waals surface area (Å²) < 4.78 is 35.7. The minimum Gasteiger partial charge on any atom is -0.497 e. The van der Waals surface area contributed by atoms with Crippen LogP contribution in [0.15, 0.2) is 36.4 Å². The van der Waals surface area contributed by atoms with Gasteiger partial charge in [-0.05, 0) is 85.9 Å². The van der Waals surface area contributed by atoms with Gasteiger partial charge in [0.2, 0.25) is 15.9 Å². The van der Waals surface area contributed by atoms with E-state index in [2.05, 4.69) is 31.6 Å². The van der Waals surface area contributed by atoms with Crippen molar-refractivity contribution in [2.75, 3.05) is 20.2 Å². The maximum absolute atomic E-state index is 14.6. The highest BCUT2D eigenvalue weighted by atomic mass is 32.2. The molecule has 3 aliphatic heterocycles. The Labute approximate surface area is 263 Å². The number of aromatic nitrogens is 1. The van der Waals surface area contributed by atoms with E-state index in [-0.39, 0.29) is 17.9 Å². The van der Waals surface area contributed by atoms with Crippen molar-refractivity contribution in [3.05, 3.63) is 53.1 Å². The van der Waals surface area contributed by atoms with E-state index in [0.29, 0.717) is 36.9 Å². The van der Waals surface area contributed by atoms with Crippen LogP contribution >= 0.6 is 0 Å². The number of hydrogen-bond donors (Lipinski definition) is 2. The Balaban J connectivity index is 1.23. The maximum Gasteiger partial charge on any atom is 0.264 e. The Bertz CT molecular complexity index is 1870. The number of sulfonamides is 1. The predicted octanol–water partition coefficient (Wildman–Crippen LogP) is 4.65. The Morgan fingerprint density at radius 2 is 1.87 bits per heavy atom. The second-order valence-corrected chi connectivity index (χ2v) is 16.4. The van der Waals surface area contributed by atoms with Crippen molar-refractivity contribution in [1.82, 2.24) is 19.5 Å². The average molecular weight is 629 g/mol. The lowest BCUT2D eigenvalue weighted by molar-refractivity contribution is -0.139. The number of benzene rings is 2. The van der Waals surface area contributed by atoms with Crippen LogP contribution in [0.5, 0.6) is 5.75 Å². The fraction of sp³-hybridized carbons (Fsp3) is 0.543. The molecule has 0 spiro atoms. The van der Waals surface area contributed by atoms with Crippen LogP contribution in [0.3, 0.4) is 0 Å². The second-order valence-electron chi connectivity index (χ2n) is 14.4. The summed E-state index contributed by atoms with van der Waals surface area (Å²) in [5, 5.41) is 4.17. The molecule has 3 saturated carbocycles.